The van der Waals surface area contributed by atoms with Crippen LogP contribution in [0.3, 0.4) is 0 Å². The molecule has 94 valence electrons. The fourth-order valence-corrected chi connectivity index (χ4v) is 2.41. The van der Waals surface area contributed by atoms with Gasteiger partial charge >= 0.3 is 0 Å². The molecule has 0 saturated carbocycles. The fraction of sp³-hybridized carbons (Fsp3) is 0.357. The molecule has 1 aromatic carbocycles. The van der Waals surface area contributed by atoms with Crippen LogP contribution in [0.5, 0.6) is 5.75 Å². The molecule has 0 aliphatic heterocycles. The van der Waals surface area contributed by atoms with E-state index >= 15 is 0 Å². The normalized spacial score (nSPS) is 13.6. The van der Waals surface area contributed by atoms with E-state index in [1.54, 1.807) is 4.68 Å². The number of hydrogen-bond acceptors (Lipinski definition) is 3. The van der Waals surface area contributed by atoms with Crippen LogP contribution in [0, 0.1) is 0 Å². The maximum atomic E-state index is 5.75. The molecule has 0 amide bonds. The summed E-state index contributed by atoms with van der Waals surface area (Å²) >= 11 is 0. The van der Waals surface area contributed by atoms with Gasteiger partial charge in [-0.05, 0) is 42.5 Å². The Hall–Kier alpha value is -1.97. The van der Waals surface area contributed by atoms with Gasteiger partial charge in [-0.15, -0.1) is 0 Å². The van der Waals surface area contributed by atoms with Crippen LogP contribution in [-0.2, 0) is 26.5 Å². The summed E-state index contributed by atoms with van der Waals surface area (Å²) in [5, 5.41) is 4.26. The molecule has 1 aromatic heterocycles. The Morgan fingerprint density at radius 3 is 2.89 bits per heavy atom. The van der Waals surface area contributed by atoms with Crippen molar-refractivity contribution in [2.24, 2.45) is 7.05 Å². The van der Waals surface area contributed by atoms with E-state index in [0.29, 0.717) is 12.4 Å². The van der Waals surface area contributed by atoms with E-state index in [4.69, 9.17) is 10.5 Å². The molecule has 1 aliphatic rings. The van der Waals surface area contributed by atoms with Crippen LogP contribution in [-0.4, -0.2) is 9.78 Å². The molecule has 0 saturated heterocycles. The summed E-state index contributed by atoms with van der Waals surface area (Å²) < 4.78 is 7.41. The number of anilines is 1. The van der Waals surface area contributed by atoms with Crippen molar-refractivity contribution < 1.29 is 4.74 Å². The van der Waals surface area contributed by atoms with Crippen molar-refractivity contribution in [1.29, 1.82) is 0 Å². The van der Waals surface area contributed by atoms with Gasteiger partial charge in [0.25, 0.3) is 0 Å². The lowest BCUT2D eigenvalue weighted by Crippen LogP contribution is -1.99. The third kappa shape index (κ3) is 2.06. The first kappa shape index (κ1) is 11.1. The van der Waals surface area contributed by atoms with Crippen molar-refractivity contribution in [3.8, 4) is 5.75 Å². The van der Waals surface area contributed by atoms with Gasteiger partial charge in [0.15, 0.2) is 0 Å². The smallest absolute Gasteiger partial charge is 0.132 e. The zero-order valence-electron chi connectivity index (χ0n) is 10.5. The molecule has 0 radical (unpaired) electrons. The van der Waals surface area contributed by atoms with Gasteiger partial charge < -0.3 is 10.5 Å². The van der Waals surface area contributed by atoms with Crippen molar-refractivity contribution in [3.05, 3.63) is 41.1 Å². The molecule has 0 bridgehead atoms. The summed E-state index contributed by atoms with van der Waals surface area (Å²) in [5.74, 6) is 1.57. The number of nitrogens with two attached hydrogens (primary N) is 1. The topological polar surface area (TPSA) is 53.1 Å². The second-order valence-corrected chi connectivity index (χ2v) is 4.76. The minimum absolute atomic E-state index is 0.462. The first-order chi connectivity index (χ1) is 8.72. The van der Waals surface area contributed by atoms with Gasteiger partial charge in [0, 0.05) is 13.1 Å². The highest BCUT2D eigenvalue weighted by Gasteiger charge is 2.11. The third-order valence-electron chi connectivity index (χ3n) is 3.42. The summed E-state index contributed by atoms with van der Waals surface area (Å²) in [4.78, 5) is 0. The second kappa shape index (κ2) is 4.37. The first-order valence-corrected chi connectivity index (χ1v) is 6.25. The Kier molecular flexibility index (Phi) is 2.70. The monoisotopic (exact) mass is 243 g/mol. The molecular formula is C14H17N3O. The number of rotatable bonds is 3. The highest BCUT2D eigenvalue weighted by atomic mass is 16.5. The summed E-state index contributed by atoms with van der Waals surface area (Å²) in [5.41, 5.74) is 9.47. The van der Waals surface area contributed by atoms with Crippen LogP contribution in [0.1, 0.15) is 23.2 Å². The van der Waals surface area contributed by atoms with Gasteiger partial charge in [-0.1, -0.05) is 6.07 Å². The minimum Gasteiger partial charge on any atom is -0.487 e. The zero-order chi connectivity index (χ0) is 12.5. The van der Waals surface area contributed by atoms with Crippen molar-refractivity contribution in [2.45, 2.75) is 25.9 Å². The van der Waals surface area contributed by atoms with Gasteiger partial charge in [0.1, 0.15) is 23.9 Å². The highest BCUT2D eigenvalue weighted by molar-refractivity contribution is 5.38. The van der Waals surface area contributed by atoms with E-state index in [1.165, 1.54) is 30.4 Å². The number of nitrogens with zero attached hydrogens (tertiary/aromatic N) is 2. The molecule has 4 heteroatoms. The van der Waals surface area contributed by atoms with E-state index in [2.05, 4.69) is 17.2 Å². The van der Waals surface area contributed by atoms with Gasteiger partial charge in [0.05, 0.1) is 0 Å². The summed E-state index contributed by atoms with van der Waals surface area (Å²) in [7, 11) is 1.83. The Morgan fingerprint density at radius 2 is 2.11 bits per heavy atom. The molecule has 0 spiro atoms. The summed E-state index contributed by atoms with van der Waals surface area (Å²) in [6, 6.07) is 8.20. The molecule has 0 atom stereocenters. The van der Waals surface area contributed by atoms with Crippen LogP contribution >= 0.6 is 0 Å². The van der Waals surface area contributed by atoms with Crippen molar-refractivity contribution >= 4 is 5.82 Å². The predicted octanol–water partition coefficient (Wildman–Crippen LogP) is 2.07. The molecule has 2 aromatic rings. The SMILES string of the molecule is Cn1nc(COc2ccc3c(c2)CCC3)cc1N. The van der Waals surface area contributed by atoms with Gasteiger partial charge in [-0.25, -0.2) is 0 Å². The molecule has 3 rings (SSSR count). The standard InChI is InChI=1S/C14H17N3O/c1-17-14(15)8-12(16-17)9-18-13-6-5-10-3-2-4-11(10)7-13/h5-8H,2-4,9,15H2,1H3. The number of hydrogen-bond donors (Lipinski definition) is 1. The Morgan fingerprint density at radius 1 is 1.28 bits per heavy atom. The number of ether oxygens (including phenoxy) is 1. The number of aromatic nitrogens is 2. The van der Waals surface area contributed by atoms with Gasteiger partial charge in [0.2, 0.25) is 0 Å². The van der Waals surface area contributed by atoms with Crippen LogP contribution in [0.4, 0.5) is 5.82 Å². The number of nitrogen functional groups attached to an aromatic ring is 1. The van der Waals surface area contributed by atoms with Crippen LogP contribution in [0.2, 0.25) is 0 Å². The average molecular weight is 243 g/mol. The largest absolute Gasteiger partial charge is 0.487 e. The predicted molar refractivity (Wildman–Crippen MR) is 70.4 cm³/mol. The molecule has 18 heavy (non-hydrogen) atoms. The average Bonchev–Trinajstić information content (AvgIpc) is 2.94. The number of benzene rings is 1. The van der Waals surface area contributed by atoms with Crippen LogP contribution in [0.15, 0.2) is 24.3 Å². The van der Waals surface area contributed by atoms with Crippen molar-refractivity contribution in [3.63, 3.8) is 0 Å². The van der Waals surface area contributed by atoms with Crippen LogP contribution < -0.4 is 10.5 Å². The number of aryl methyl sites for hydroxylation is 3. The van der Waals surface area contributed by atoms with E-state index in [9.17, 15) is 0 Å². The van der Waals surface area contributed by atoms with Crippen LogP contribution in [0.25, 0.3) is 0 Å². The van der Waals surface area contributed by atoms with Gasteiger partial charge in [-0.3, -0.25) is 4.68 Å². The van der Waals surface area contributed by atoms with E-state index < -0.39 is 0 Å². The molecule has 2 N–H and O–H groups in total. The Balaban J connectivity index is 1.70. The number of fused-ring (bicyclic) bond motifs is 1. The minimum atomic E-state index is 0.462. The summed E-state index contributed by atoms with van der Waals surface area (Å²) in [6.45, 7) is 0.462. The lowest BCUT2D eigenvalue weighted by atomic mass is 10.1. The quantitative estimate of drug-likeness (QED) is 0.897. The molecule has 4 nitrogen and oxygen atoms in total. The Bertz CT molecular complexity index is 555. The molecule has 0 unspecified atom stereocenters. The Labute approximate surface area is 106 Å². The highest BCUT2D eigenvalue weighted by Crippen LogP contribution is 2.26. The fourth-order valence-electron chi connectivity index (χ4n) is 2.41. The molecular weight excluding hydrogens is 226 g/mol. The van der Waals surface area contributed by atoms with Gasteiger partial charge in [-0.2, -0.15) is 5.10 Å². The maximum Gasteiger partial charge on any atom is 0.132 e. The zero-order valence-corrected chi connectivity index (χ0v) is 10.5. The maximum absolute atomic E-state index is 5.75. The third-order valence-corrected chi connectivity index (χ3v) is 3.42. The van der Waals surface area contributed by atoms with Crippen molar-refractivity contribution in [2.75, 3.05) is 5.73 Å². The van der Waals surface area contributed by atoms with E-state index in [1.807, 2.05) is 19.2 Å². The lowest BCUT2D eigenvalue weighted by Gasteiger charge is -2.06. The molecule has 1 heterocycles. The first-order valence-electron chi connectivity index (χ1n) is 6.25. The summed E-state index contributed by atoms with van der Waals surface area (Å²) in [6.07, 6.45) is 3.63. The molecule has 1 aliphatic carbocycles. The van der Waals surface area contributed by atoms with E-state index in [0.717, 1.165) is 11.4 Å². The molecule has 0 fully saturated rings. The lowest BCUT2D eigenvalue weighted by molar-refractivity contribution is 0.300. The second-order valence-electron chi connectivity index (χ2n) is 4.76. The van der Waals surface area contributed by atoms with E-state index in [-0.39, 0.29) is 0 Å². The van der Waals surface area contributed by atoms with Crippen molar-refractivity contribution in [1.82, 2.24) is 9.78 Å².